The molecule has 1 aromatic heterocycles. The van der Waals surface area contributed by atoms with Crippen LogP contribution in [0.5, 0.6) is 0 Å². The third-order valence-corrected chi connectivity index (χ3v) is 6.14. The molecule has 0 aliphatic heterocycles. The second-order valence-corrected chi connectivity index (χ2v) is 7.88. The molecule has 3 nitrogen and oxygen atoms in total. The molecule has 0 spiro atoms. The minimum absolute atomic E-state index is 0.409. The lowest BCUT2D eigenvalue weighted by Crippen LogP contribution is -2.35. The van der Waals surface area contributed by atoms with Gasteiger partial charge in [0.05, 0.1) is 0 Å². The summed E-state index contributed by atoms with van der Waals surface area (Å²) in [4.78, 5) is 0. The molecular weight excluding hydrogens is 298 g/mol. The molecular formula is C16H21N3S2. The fourth-order valence-corrected chi connectivity index (χ4v) is 5.17. The Labute approximate surface area is 134 Å². The van der Waals surface area contributed by atoms with Crippen LogP contribution in [0, 0.1) is 0 Å². The molecule has 0 fully saturated rings. The van der Waals surface area contributed by atoms with E-state index in [0.717, 1.165) is 17.3 Å². The minimum atomic E-state index is 0.409. The van der Waals surface area contributed by atoms with Gasteiger partial charge in [-0.05, 0) is 36.4 Å². The summed E-state index contributed by atoms with van der Waals surface area (Å²) in [6.07, 6.45) is 2.34. The van der Waals surface area contributed by atoms with Gasteiger partial charge < -0.3 is 5.32 Å². The Bertz CT molecular complexity index is 571. The molecule has 112 valence electrons. The summed E-state index contributed by atoms with van der Waals surface area (Å²) in [5.74, 6) is 0.603. The fourth-order valence-electron chi connectivity index (χ4n) is 3.06. The monoisotopic (exact) mass is 319 g/mol. The number of aromatic nitrogens is 2. The summed E-state index contributed by atoms with van der Waals surface area (Å²) in [5.41, 5.74) is 4.78. The Morgan fingerprint density at radius 3 is 2.86 bits per heavy atom. The van der Waals surface area contributed by atoms with Gasteiger partial charge in [0.15, 0.2) is 4.34 Å². The van der Waals surface area contributed by atoms with E-state index in [2.05, 4.69) is 53.6 Å². The summed E-state index contributed by atoms with van der Waals surface area (Å²) < 4.78 is 1.08. The smallest absolute Gasteiger partial charge is 0.174 e. The predicted molar refractivity (Wildman–Crippen MR) is 90.1 cm³/mol. The Morgan fingerprint density at radius 2 is 2.14 bits per heavy atom. The highest BCUT2D eigenvalue weighted by molar-refractivity contribution is 8.01. The largest absolute Gasteiger partial charge is 0.309 e. The molecule has 0 saturated carbocycles. The van der Waals surface area contributed by atoms with E-state index >= 15 is 0 Å². The van der Waals surface area contributed by atoms with Crippen LogP contribution in [0.15, 0.2) is 34.1 Å². The van der Waals surface area contributed by atoms with Gasteiger partial charge in [-0.25, -0.2) is 0 Å². The van der Waals surface area contributed by atoms with Crippen LogP contribution in [-0.4, -0.2) is 22.0 Å². The molecule has 2 aromatic rings. The lowest BCUT2D eigenvalue weighted by atomic mass is 9.80. The zero-order valence-electron chi connectivity index (χ0n) is 12.5. The molecule has 0 amide bonds. The van der Waals surface area contributed by atoms with E-state index in [-0.39, 0.29) is 0 Å². The number of nitrogens with zero attached hydrogens (tertiary/aromatic N) is 2. The minimum Gasteiger partial charge on any atom is -0.309 e. The molecule has 1 aliphatic rings. The molecule has 21 heavy (non-hydrogen) atoms. The SMILES string of the molecule is CCCNC1c2ccccc2C(C)CC1Sc1nncs1. The van der Waals surface area contributed by atoms with Crippen molar-refractivity contribution < 1.29 is 0 Å². The van der Waals surface area contributed by atoms with Crippen molar-refractivity contribution in [1.29, 1.82) is 0 Å². The van der Waals surface area contributed by atoms with E-state index in [1.165, 1.54) is 17.5 Å². The normalized spacial score (nSPS) is 24.8. The maximum atomic E-state index is 4.21. The van der Waals surface area contributed by atoms with Crippen molar-refractivity contribution in [3.05, 3.63) is 40.9 Å². The third kappa shape index (κ3) is 3.30. The Hall–Kier alpha value is -0.910. The van der Waals surface area contributed by atoms with E-state index in [9.17, 15) is 0 Å². The van der Waals surface area contributed by atoms with Crippen molar-refractivity contribution in [1.82, 2.24) is 15.5 Å². The third-order valence-electron chi connectivity index (χ3n) is 4.03. The summed E-state index contributed by atoms with van der Waals surface area (Å²) >= 11 is 3.52. The van der Waals surface area contributed by atoms with Gasteiger partial charge in [-0.1, -0.05) is 61.2 Å². The molecule has 0 saturated heterocycles. The van der Waals surface area contributed by atoms with Gasteiger partial charge in [-0.3, -0.25) is 0 Å². The van der Waals surface area contributed by atoms with Gasteiger partial charge in [0, 0.05) is 11.3 Å². The van der Waals surface area contributed by atoms with Gasteiger partial charge in [-0.15, -0.1) is 10.2 Å². The van der Waals surface area contributed by atoms with Crippen LogP contribution in [0.25, 0.3) is 0 Å². The number of hydrogen-bond acceptors (Lipinski definition) is 5. The van der Waals surface area contributed by atoms with E-state index in [0.29, 0.717) is 17.2 Å². The molecule has 3 atom stereocenters. The van der Waals surface area contributed by atoms with Crippen LogP contribution < -0.4 is 5.32 Å². The number of benzene rings is 1. The van der Waals surface area contributed by atoms with Crippen LogP contribution in [0.4, 0.5) is 0 Å². The molecule has 5 heteroatoms. The van der Waals surface area contributed by atoms with Gasteiger partial charge in [0.25, 0.3) is 0 Å². The first-order chi connectivity index (χ1) is 10.3. The van der Waals surface area contributed by atoms with Gasteiger partial charge in [-0.2, -0.15) is 0 Å². The highest BCUT2D eigenvalue weighted by Gasteiger charge is 2.33. The quantitative estimate of drug-likeness (QED) is 0.894. The van der Waals surface area contributed by atoms with E-state index in [4.69, 9.17) is 0 Å². The Kier molecular flexibility index (Phi) is 4.93. The zero-order chi connectivity index (χ0) is 14.7. The highest BCUT2D eigenvalue weighted by Crippen LogP contribution is 2.44. The number of thioether (sulfide) groups is 1. The van der Waals surface area contributed by atoms with Crippen LogP contribution in [0.2, 0.25) is 0 Å². The average molecular weight is 319 g/mol. The van der Waals surface area contributed by atoms with Crippen molar-refractivity contribution in [2.75, 3.05) is 6.54 Å². The average Bonchev–Trinajstić information content (AvgIpc) is 3.00. The molecule has 0 bridgehead atoms. The van der Waals surface area contributed by atoms with Crippen LogP contribution in [0.3, 0.4) is 0 Å². The fraction of sp³-hybridized carbons (Fsp3) is 0.500. The predicted octanol–water partition coefficient (Wildman–Crippen LogP) is 4.25. The van der Waals surface area contributed by atoms with Crippen LogP contribution in [0.1, 0.15) is 49.8 Å². The van der Waals surface area contributed by atoms with Crippen LogP contribution in [-0.2, 0) is 0 Å². The molecule has 1 N–H and O–H groups in total. The first-order valence-corrected chi connectivity index (χ1v) is 9.30. The summed E-state index contributed by atoms with van der Waals surface area (Å²) in [7, 11) is 0. The summed E-state index contributed by atoms with van der Waals surface area (Å²) in [6, 6.07) is 9.29. The zero-order valence-corrected chi connectivity index (χ0v) is 14.1. The molecule has 1 heterocycles. The Morgan fingerprint density at radius 1 is 1.33 bits per heavy atom. The maximum Gasteiger partial charge on any atom is 0.174 e. The lowest BCUT2D eigenvalue weighted by Gasteiger charge is -2.36. The van der Waals surface area contributed by atoms with Crippen LogP contribution >= 0.6 is 23.1 Å². The number of rotatable bonds is 5. The molecule has 0 radical (unpaired) electrons. The van der Waals surface area contributed by atoms with E-state index < -0.39 is 0 Å². The molecule has 3 rings (SSSR count). The second kappa shape index (κ2) is 6.90. The first-order valence-electron chi connectivity index (χ1n) is 7.54. The summed E-state index contributed by atoms with van der Waals surface area (Å²) in [6.45, 7) is 5.61. The number of hydrogen-bond donors (Lipinski definition) is 1. The first kappa shape index (κ1) is 15.0. The van der Waals surface area contributed by atoms with Crippen molar-refractivity contribution >= 4 is 23.1 Å². The second-order valence-electron chi connectivity index (χ2n) is 5.56. The van der Waals surface area contributed by atoms with Crippen molar-refractivity contribution in [3.8, 4) is 0 Å². The van der Waals surface area contributed by atoms with Crippen molar-refractivity contribution in [2.45, 2.75) is 48.2 Å². The van der Waals surface area contributed by atoms with Crippen molar-refractivity contribution in [2.24, 2.45) is 0 Å². The number of fused-ring (bicyclic) bond motifs is 1. The molecule has 1 aliphatic carbocycles. The number of nitrogens with one attached hydrogen (secondary N) is 1. The standard InChI is InChI=1S/C16H21N3S2/c1-3-8-17-15-13-7-5-4-6-12(13)11(2)9-14(15)21-16-19-18-10-20-16/h4-7,10-11,14-15,17H,3,8-9H2,1-2H3. The van der Waals surface area contributed by atoms with Crippen molar-refractivity contribution in [3.63, 3.8) is 0 Å². The van der Waals surface area contributed by atoms with Gasteiger partial charge >= 0.3 is 0 Å². The van der Waals surface area contributed by atoms with E-state index in [1.807, 2.05) is 17.3 Å². The van der Waals surface area contributed by atoms with Gasteiger partial charge in [0.2, 0.25) is 0 Å². The maximum absolute atomic E-state index is 4.21. The van der Waals surface area contributed by atoms with Gasteiger partial charge in [0.1, 0.15) is 5.51 Å². The lowest BCUT2D eigenvalue weighted by molar-refractivity contribution is 0.444. The molecule has 3 unspecified atom stereocenters. The topological polar surface area (TPSA) is 37.8 Å². The molecule has 1 aromatic carbocycles. The summed E-state index contributed by atoms with van der Waals surface area (Å²) in [5, 5.41) is 12.4. The Balaban J connectivity index is 1.88. The van der Waals surface area contributed by atoms with E-state index in [1.54, 1.807) is 11.3 Å². The highest BCUT2D eigenvalue weighted by atomic mass is 32.2.